The Labute approximate surface area is 165 Å². The highest BCUT2D eigenvalue weighted by Crippen LogP contribution is 2.24. The lowest BCUT2D eigenvalue weighted by atomic mass is 10.0. The largest absolute Gasteiger partial charge is 0.497 e. The van der Waals surface area contributed by atoms with Crippen molar-refractivity contribution in [2.24, 2.45) is 0 Å². The summed E-state index contributed by atoms with van der Waals surface area (Å²) in [6.07, 6.45) is 3.36. The summed E-state index contributed by atoms with van der Waals surface area (Å²) in [5.74, 6) is 1.67. The Morgan fingerprint density at radius 3 is 2.64 bits per heavy atom. The van der Waals surface area contributed by atoms with Crippen LogP contribution in [0.15, 0.2) is 54.7 Å². The van der Waals surface area contributed by atoms with Gasteiger partial charge in [0.15, 0.2) is 0 Å². The van der Waals surface area contributed by atoms with Crippen molar-refractivity contribution in [3.63, 3.8) is 0 Å². The van der Waals surface area contributed by atoms with Crippen LogP contribution in [0.2, 0.25) is 0 Å². The highest BCUT2D eigenvalue weighted by molar-refractivity contribution is 5.96. The first-order valence-electron chi connectivity index (χ1n) is 9.51. The lowest BCUT2D eigenvalue weighted by Gasteiger charge is -2.17. The van der Waals surface area contributed by atoms with E-state index in [1.807, 2.05) is 59.6 Å². The van der Waals surface area contributed by atoms with Gasteiger partial charge in [0.25, 0.3) is 5.91 Å². The predicted molar refractivity (Wildman–Crippen MR) is 107 cm³/mol. The third-order valence-corrected chi connectivity index (χ3v) is 5.14. The monoisotopic (exact) mass is 373 g/mol. The van der Waals surface area contributed by atoms with Crippen LogP contribution < -0.4 is 4.74 Å². The quantitative estimate of drug-likeness (QED) is 0.683. The van der Waals surface area contributed by atoms with E-state index in [4.69, 9.17) is 9.72 Å². The molecule has 3 aromatic rings. The average molecular weight is 373 g/mol. The van der Waals surface area contributed by atoms with Crippen molar-refractivity contribution in [1.82, 2.24) is 14.9 Å². The Bertz CT molecular complexity index is 999. The molecule has 0 spiro atoms. The first-order chi connectivity index (χ1) is 13.7. The molecule has 1 amide bonds. The SMILES string of the molecule is CCc1ccccc1C(=O)N1Cc2cnc(Cc3ccc(OC)cc3)nc2C1. The van der Waals surface area contributed by atoms with E-state index in [9.17, 15) is 4.79 Å². The van der Waals surface area contributed by atoms with E-state index in [0.717, 1.165) is 45.9 Å². The van der Waals surface area contributed by atoms with Crippen LogP contribution >= 0.6 is 0 Å². The molecule has 5 heteroatoms. The normalized spacial score (nSPS) is 12.7. The van der Waals surface area contributed by atoms with Gasteiger partial charge in [-0.05, 0) is 35.7 Å². The molecule has 5 nitrogen and oxygen atoms in total. The third kappa shape index (κ3) is 3.60. The number of methoxy groups -OCH3 is 1. The number of aromatic nitrogens is 2. The van der Waals surface area contributed by atoms with Gasteiger partial charge < -0.3 is 9.64 Å². The molecule has 0 N–H and O–H groups in total. The standard InChI is InChI=1S/C23H23N3O2/c1-3-17-6-4-5-7-20(17)23(27)26-14-18-13-24-22(25-21(18)15-26)12-16-8-10-19(28-2)11-9-16/h4-11,13H,3,12,14-15H2,1-2H3. The highest BCUT2D eigenvalue weighted by Gasteiger charge is 2.27. The van der Waals surface area contributed by atoms with Gasteiger partial charge in [0.1, 0.15) is 11.6 Å². The fraction of sp³-hybridized carbons (Fsp3) is 0.261. The molecule has 1 aromatic heterocycles. The number of hydrogen-bond acceptors (Lipinski definition) is 4. The van der Waals surface area contributed by atoms with Gasteiger partial charge in [0, 0.05) is 30.3 Å². The lowest BCUT2D eigenvalue weighted by Crippen LogP contribution is -2.26. The van der Waals surface area contributed by atoms with Crippen molar-refractivity contribution in [2.45, 2.75) is 32.9 Å². The molecule has 0 unspecified atom stereocenters. The van der Waals surface area contributed by atoms with Gasteiger partial charge >= 0.3 is 0 Å². The van der Waals surface area contributed by atoms with Crippen molar-refractivity contribution in [1.29, 1.82) is 0 Å². The maximum absolute atomic E-state index is 13.0. The van der Waals surface area contributed by atoms with Crippen LogP contribution in [0.3, 0.4) is 0 Å². The molecular weight excluding hydrogens is 350 g/mol. The maximum Gasteiger partial charge on any atom is 0.254 e. The van der Waals surface area contributed by atoms with Crippen LogP contribution in [0.5, 0.6) is 5.75 Å². The van der Waals surface area contributed by atoms with Crippen molar-refractivity contribution in [3.05, 3.63) is 88.5 Å². The summed E-state index contributed by atoms with van der Waals surface area (Å²) >= 11 is 0. The summed E-state index contributed by atoms with van der Waals surface area (Å²) < 4.78 is 5.20. The summed E-state index contributed by atoms with van der Waals surface area (Å²) in [6.45, 7) is 3.17. The molecule has 2 aromatic carbocycles. The zero-order chi connectivity index (χ0) is 19.5. The van der Waals surface area contributed by atoms with Gasteiger partial charge in [-0.3, -0.25) is 4.79 Å². The zero-order valence-corrected chi connectivity index (χ0v) is 16.2. The van der Waals surface area contributed by atoms with Crippen molar-refractivity contribution in [3.8, 4) is 5.75 Å². The minimum atomic E-state index is 0.0622. The van der Waals surface area contributed by atoms with E-state index < -0.39 is 0 Å². The second kappa shape index (κ2) is 7.80. The molecule has 0 bridgehead atoms. The Morgan fingerprint density at radius 1 is 1.11 bits per heavy atom. The summed E-state index contributed by atoms with van der Waals surface area (Å²) in [5.41, 5.74) is 4.96. The molecule has 0 fully saturated rings. The molecule has 0 radical (unpaired) electrons. The van der Waals surface area contributed by atoms with Crippen LogP contribution in [0.4, 0.5) is 0 Å². The first-order valence-corrected chi connectivity index (χ1v) is 9.51. The Morgan fingerprint density at radius 2 is 1.89 bits per heavy atom. The molecule has 1 aliphatic rings. The predicted octanol–water partition coefficient (Wildman–Crippen LogP) is 3.79. The van der Waals surface area contributed by atoms with Crippen LogP contribution in [0, 0.1) is 0 Å². The first kappa shape index (κ1) is 18.2. The van der Waals surface area contributed by atoms with Gasteiger partial charge in [-0.25, -0.2) is 9.97 Å². The number of amides is 1. The molecule has 4 rings (SSSR count). The number of carbonyl (C=O) groups excluding carboxylic acids is 1. The average Bonchev–Trinajstić information content (AvgIpc) is 3.17. The van der Waals surface area contributed by atoms with Crippen LogP contribution in [-0.4, -0.2) is 27.9 Å². The topological polar surface area (TPSA) is 55.3 Å². The minimum absolute atomic E-state index is 0.0622. The summed E-state index contributed by atoms with van der Waals surface area (Å²) in [4.78, 5) is 24.1. The van der Waals surface area contributed by atoms with Gasteiger partial charge in [0.2, 0.25) is 0 Å². The van der Waals surface area contributed by atoms with E-state index in [-0.39, 0.29) is 5.91 Å². The number of benzene rings is 2. The number of ether oxygens (including phenoxy) is 1. The Balaban J connectivity index is 1.50. The Kier molecular flexibility index (Phi) is 5.06. The Hall–Kier alpha value is -3.21. The van der Waals surface area contributed by atoms with E-state index >= 15 is 0 Å². The summed E-state index contributed by atoms with van der Waals surface area (Å²) in [7, 11) is 1.66. The second-order valence-electron chi connectivity index (χ2n) is 6.95. The minimum Gasteiger partial charge on any atom is -0.497 e. The molecule has 0 aliphatic carbocycles. The van der Waals surface area contributed by atoms with Gasteiger partial charge in [-0.15, -0.1) is 0 Å². The van der Waals surface area contributed by atoms with E-state index in [1.165, 1.54) is 0 Å². The number of fused-ring (bicyclic) bond motifs is 1. The fourth-order valence-corrected chi connectivity index (χ4v) is 3.56. The van der Waals surface area contributed by atoms with Crippen LogP contribution in [0.1, 0.15) is 45.5 Å². The number of carbonyl (C=O) groups is 1. The molecule has 2 heterocycles. The van der Waals surface area contributed by atoms with Gasteiger partial charge in [0.05, 0.1) is 19.3 Å². The lowest BCUT2D eigenvalue weighted by molar-refractivity contribution is 0.0749. The highest BCUT2D eigenvalue weighted by atomic mass is 16.5. The summed E-state index contributed by atoms with van der Waals surface area (Å²) in [6, 6.07) is 15.7. The van der Waals surface area contributed by atoms with Gasteiger partial charge in [-0.2, -0.15) is 0 Å². The zero-order valence-electron chi connectivity index (χ0n) is 16.2. The molecule has 0 atom stereocenters. The fourth-order valence-electron chi connectivity index (χ4n) is 3.56. The van der Waals surface area contributed by atoms with Crippen molar-refractivity contribution in [2.75, 3.05) is 7.11 Å². The maximum atomic E-state index is 13.0. The second-order valence-corrected chi connectivity index (χ2v) is 6.95. The summed E-state index contributed by atoms with van der Waals surface area (Å²) in [5, 5.41) is 0. The number of nitrogens with zero attached hydrogens (tertiary/aromatic N) is 3. The smallest absolute Gasteiger partial charge is 0.254 e. The molecule has 0 saturated heterocycles. The number of hydrogen-bond donors (Lipinski definition) is 0. The van der Waals surface area contributed by atoms with E-state index in [2.05, 4.69) is 11.9 Å². The molecule has 142 valence electrons. The van der Waals surface area contributed by atoms with Crippen molar-refractivity contribution < 1.29 is 9.53 Å². The van der Waals surface area contributed by atoms with Crippen LogP contribution in [-0.2, 0) is 25.9 Å². The number of aryl methyl sites for hydroxylation is 1. The van der Waals surface area contributed by atoms with Gasteiger partial charge in [-0.1, -0.05) is 37.3 Å². The number of rotatable bonds is 5. The van der Waals surface area contributed by atoms with Crippen LogP contribution in [0.25, 0.3) is 0 Å². The molecular formula is C23H23N3O2. The third-order valence-electron chi connectivity index (χ3n) is 5.14. The molecule has 28 heavy (non-hydrogen) atoms. The molecule has 1 aliphatic heterocycles. The van der Waals surface area contributed by atoms with E-state index in [0.29, 0.717) is 19.5 Å². The molecule has 0 saturated carbocycles. The van der Waals surface area contributed by atoms with Crippen molar-refractivity contribution >= 4 is 5.91 Å². The van der Waals surface area contributed by atoms with E-state index in [1.54, 1.807) is 7.11 Å².